The molecule has 0 atom stereocenters. The Morgan fingerprint density at radius 1 is 0.900 bits per heavy atom. The molecule has 3 heterocycles. The van der Waals surface area contributed by atoms with Crippen molar-refractivity contribution in [2.45, 2.75) is 19.3 Å². The molecule has 2 aromatic heterocycles. The van der Waals surface area contributed by atoms with Gasteiger partial charge in [-0.2, -0.15) is 10.2 Å². The first kappa shape index (κ1) is 18.2. The third kappa shape index (κ3) is 3.58. The van der Waals surface area contributed by atoms with Crippen molar-refractivity contribution in [3.63, 3.8) is 0 Å². The first-order valence-corrected chi connectivity index (χ1v) is 10.3. The number of nitrogens with one attached hydrogen (secondary N) is 1. The first-order chi connectivity index (χ1) is 14.8. The molecule has 6 nitrogen and oxygen atoms in total. The minimum Gasteiger partial charge on any atom is -0.372 e. The normalized spacial score (nSPS) is 13.9. The minimum atomic E-state index is 0.557. The lowest BCUT2D eigenvalue weighted by atomic mass is 10.1. The SMILES string of the molecule is N#Cc1ccc(-c2cccn3nc(Nc4ccc(N5CCCCC5)cc4)nc23)cc1. The lowest BCUT2D eigenvalue weighted by Crippen LogP contribution is -2.29. The van der Waals surface area contributed by atoms with E-state index in [1.165, 1.54) is 24.9 Å². The highest BCUT2D eigenvalue weighted by Gasteiger charge is 2.12. The summed E-state index contributed by atoms with van der Waals surface area (Å²) in [5.74, 6) is 0.557. The second-order valence-corrected chi connectivity index (χ2v) is 7.53. The molecule has 5 rings (SSSR count). The van der Waals surface area contributed by atoms with Crippen molar-refractivity contribution in [3.8, 4) is 17.2 Å². The second-order valence-electron chi connectivity index (χ2n) is 7.53. The highest BCUT2D eigenvalue weighted by molar-refractivity contribution is 5.78. The van der Waals surface area contributed by atoms with Gasteiger partial charge >= 0.3 is 0 Å². The standard InChI is InChI=1S/C24H22N6/c25-17-18-6-8-19(9-7-18)22-5-4-16-30-23(22)27-24(28-30)26-20-10-12-21(13-11-20)29-14-2-1-3-15-29/h4-13,16H,1-3,14-15H2,(H,26,28). The maximum absolute atomic E-state index is 9.02. The van der Waals surface area contributed by atoms with E-state index in [4.69, 9.17) is 10.2 Å². The Morgan fingerprint density at radius 3 is 2.40 bits per heavy atom. The summed E-state index contributed by atoms with van der Waals surface area (Å²) < 4.78 is 1.78. The van der Waals surface area contributed by atoms with Crippen molar-refractivity contribution < 1.29 is 0 Å². The van der Waals surface area contributed by atoms with Crippen LogP contribution >= 0.6 is 0 Å². The predicted octanol–water partition coefficient (Wildman–Crippen LogP) is 5.00. The summed E-state index contributed by atoms with van der Waals surface area (Å²) in [7, 11) is 0. The Hall–Kier alpha value is -3.85. The molecule has 0 saturated carbocycles. The Morgan fingerprint density at radius 2 is 1.67 bits per heavy atom. The summed E-state index contributed by atoms with van der Waals surface area (Å²) >= 11 is 0. The maximum Gasteiger partial charge on any atom is 0.247 e. The summed E-state index contributed by atoms with van der Waals surface area (Å²) in [5, 5.41) is 16.9. The fourth-order valence-corrected chi connectivity index (χ4v) is 3.95. The Balaban J connectivity index is 1.39. The molecule has 2 aromatic carbocycles. The van der Waals surface area contributed by atoms with Gasteiger partial charge in [-0.15, -0.1) is 5.10 Å². The van der Waals surface area contributed by atoms with Gasteiger partial charge < -0.3 is 10.2 Å². The van der Waals surface area contributed by atoms with Crippen molar-refractivity contribution >= 4 is 23.0 Å². The summed E-state index contributed by atoms with van der Waals surface area (Å²) in [5.41, 5.74) is 5.63. The lowest BCUT2D eigenvalue weighted by Gasteiger charge is -2.28. The van der Waals surface area contributed by atoms with Crippen LogP contribution in [0.15, 0.2) is 66.9 Å². The van der Waals surface area contributed by atoms with Gasteiger partial charge in [-0.1, -0.05) is 12.1 Å². The molecule has 0 bridgehead atoms. The molecular formula is C24H22N6. The average molecular weight is 394 g/mol. The van der Waals surface area contributed by atoms with Crippen LogP contribution in [0.25, 0.3) is 16.8 Å². The smallest absolute Gasteiger partial charge is 0.247 e. The van der Waals surface area contributed by atoms with Crippen LogP contribution in [0.5, 0.6) is 0 Å². The molecule has 4 aromatic rings. The molecule has 1 fully saturated rings. The largest absolute Gasteiger partial charge is 0.372 e. The molecule has 1 saturated heterocycles. The molecule has 0 radical (unpaired) electrons. The van der Waals surface area contributed by atoms with Gasteiger partial charge in [0.05, 0.1) is 11.6 Å². The zero-order valence-corrected chi connectivity index (χ0v) is 16.6. The Labute approximate surface area is 175 Å². The predicted molar refractivity (Wildman–Crippen MR) is 119 cm³/mol. The number of nitrogens with zero attached hydrogens (tertiary/aromatic N) is 5. The lowest BCUT2D eigenvalue weighted by molar-refractivity contribution is 0.578. The van der Waals surface area contributed by atoms with Gasteiger partial charge in [0.15, 0.2) is 5.65 Å². The molecule has 148 valence electrons. The molecular weight excluding hydrogens is 372 g/mol. The van der Waals surface area contributed by atoms with Gasteiger partial charge in [0, 0.05) is 36.2 Å². The van der Waals surface area contributed by atoms with Gasteiger partial charge in [-0.3, -0.25) is 0 Å². The molecule has 0 spiro atoms. The van der Waals surface area contributed by atoms with Crippen LogP contribution in [0, 0.1) is 11.3 Å². The van der Waals surface area contributed by atoms with E-state index in [0.29, 0.717) is 11.5 Å². The van der Waals surface area contributed by atoms with Crippen LogP contribution in [-0.2, 0) is 0 Å². The topological polar surface area (TPSA) is 69.2 Å². The number of anilines is 3. The average Bonchev–Trinajstić information content (AvgIpc) is 3.23. The highest BCUT2D eigenvalue weighted by Crippen LogP contribution is 2.26. The molecule has 0 unspecified atom stereocenters. The van der Waals surface area contributed by atoms with Crippen molar-refractivity contribution in [1.29, 1.82) is 5.26 Å². The van der Waals surface area contributed by atoms with E-state index in [9.17, 15) is 0 Å². The minimum absolute atomic E-state index is 0.557. The summed E-state index contributed by atoms with van der Waals surface area (Å²) in [6, 6.07) is 22.1. The Kier molecular flexibility index (Phi) is 4.78. The number of hydrogen-bond donors (Lipinski definition) is 1. The number of hydrogen-bond acceptors (Lipinski definition) is 5. The van der Waals surface area contributed by atoms with Crippen LogP contribution in [0.4, 0.5) is 17.3 Å². The van der Waals surface area contributed by atoms with E-state index >= 15 is 0 Å². The van der Waals surface area contributed by atoms with Crippen LogP contribution in [0.3, 0.4) is 0 Å². The number of piperidine rings is 1. The fourth-order valence-electron chi connectivity index (χ4n) is 3.95. The number of rotatable bonds is 4. The molecule has 1 aliphatic heterocycles. The van der Waals surface area contributed by atoms with Gasteiger partial charge in [0.1, 0.15) is 0 Å². The van der Waals surface area contributed by atoms with E-state index in [1.807, 2.05) is 42.6 Å². The number of aromatic nitrogens is 3. The third-order valence-electron chi connectivity index (χ3n) is 5.53. The van der Waals surface area contributed by atoms with E-state index in [-0.39, 0.29) is 0 Å². The second kappa shape index (κ2) is 7.88. The van der Waals surface area contributed by atoms with Gasteiger partial charge in [-0.25, -0.2) is 4.52 Å². The number of fused-ring (bicyclic) bond motifs is 1. The van der Waals surface area contributed by atoms with Crippen LogP contribution in [-0.4, -0.2) is 27.7 Å². The van der Waals surface area contributed by atoms with Crippen molar-refractivity contribution in [3.05, 3.63) is 72.4 Å². The van der Waals surface area contributed by atoms with Crippen molar-refractivity contribution in [1.82, 2.24) is 14.6 Å². The quantitative estimate of drug-likeness (QED) is 0.527. The zero-order chi connectivity index (χ0) is 20.3. The van der Waals surface area contributed by atoms with Crippen LogP contribution in [0.2, 0.25) is 0 Å². The third-order valence-corrected chi connectivity index (χ3v) is 5.53. The summed E-state index contributed by atoms with van der Waals surface area (Å²) in [4.78, 5) is 7.15. The van der Waals surface area contributed by atoms with Crippen molar-refractivity contribution in [2.75, 3.05) is 23.3 Å². The summed E-state index contributed by atoms with van der Waals surface area (Å²) in [6.07, 6.45) is 5.76. The molecule has 1 N–H and O–H groups in total. The molecule has 6 heteroatoms. The number of benzene rings is 2. The van der Waals surface area contributed by atoms with Crippen LogP contribution in [0.1, 0.15) is 24.8 Å². The molecule has 0 aliphatic carbocycles. The van der Waals surface area contributed by atoms with E-state index in [0.717, 1.165) is 35.6 Å². The fraction of sp³-hybridized carbons (Fsp3) is 0.208. The van der Waals surface area contributed by atoms with Gasteiger partial charge in [0.25, 0.3) is 0 Å². The molecule has 30 heavy (non-hydrogen) atoms. The first-order valence-electron chi connectivity index (χ1n) is 10.3. The summed E-state index contributed by atoms with van der Waals surface area (Å²) in [6.45, 7) is 2.28. The molecule has 1 aliphatic rings. The van der Waals surface area contributed by atoms with E-state index in [1.54, 1.807) is 4.52 Å². The number of pyridine rings is 1. The van der Waals surface area contributed by atoms with Crippen LogP contribution < -0.4 is 10.2 Å². The zero-order valence-electron chi connectivity index (χ0n) is 16.6. The van der Waals surface area contributed by atoms with E-state index < -0.39 is 0 Å². The molecule has 0 amide bonds. The van der Waals surface area contributed by atoms with Crippen molar-refractivity contribution in [2.24, 2.45) is 0 Å². The highest BCUT2D eigenvalue weighted by atomic mass is 15.3. The Bertz CT molecular complexity index is 1200. The monoisotopic (exact) mass is 394 g/mol. The number of nitriles is 1. The van der Waals surface area contributed by atoms with Gasteiger partial charge in [-0.05, 0) is 73.4 Å². The van der Waals surface area contributed by atoms with Gasteiger partial charge in [0.2, 0.25) is 5.95 Å². The van der Waals surface area contributed by atoms with E-state index in [2.05, 4.69) is 45.7 Å². The maximum atomic E-state index is 9.02.